The molecule has 1 amide bonds. The predicted octanol–water partition coefficient (Wildman–Crippen LogP) is 3.75. The van der Waals surface area contributed by atoms with Gasteiger partial charge in [0.05, 0.1) is 22.6 Å². The van der Waals surface area contributed by atoms with Gasteiger partial charge in [0.15, 0.2) is 0 Å². The number of carbonyl (C=O) groups is 1. The number of ether oxygens (including phenoxy) is 1. The van der Waals surface area contributed by atoms with Crippen LogP contribution in [0.4, 0.5) is 0 Å². The number of sulfonamides is 1. The van der Waals surface area contributed by atoms with Gasteiger partial charge in [0.1, 0.15) is 6.61 Å². The number of benzene rings is 2. The minimum Gasteiger partial charge on any atom is -0.363 e. The molecule has 182 valence electrons. The largest absolute Gasteiger partial charge is 0.363 e. The van der Waals surface area contributed by atoms with E-state index in [0.29, 0.717) is 43.4 Å². The van der Waals surface area contributed by atoms with Gasteiger partial charge in [0, 0.05) is 30.7 Å². The van der Waals surface area contributed by atoms with Crippen LogP contribution in [-0.4, -0.2) is 66.4 Å². The van der Waals surface area contributed by atoms with Crippen LogP contribution in [0, 0.1) is 6.92 Å². The zero-order valence-electron chi connectivity index (χ0n) is 19.8. The van der Waals surface area contributed by atoms with Crippen molar-refractivity contribution in [1.82, 2.24) is 14.2 Å². The van der Waals surface area contributed by atoms with Crippen LogP contribution in [0.2, 0.25) is 0 Å². The fraction of sp³-hybridized carbons (Fsp3) is 0.407. The third kappa shape index (κ3) is 4.24. The van der Waals surface area contributed by atoms with Gasteiger partial charge in [-0.1, -0.05) is 24.3 Å². The maximum Gasteiger partial charge on any atom is 0.248 e. The molecule has 0 unspecified atom stereocenters. The number of carbonyl (C=O) groups excluding carboxylic acids is 1. The van der Waals surface area contributed by atoms with E-state index in [9.17, 15) is 13.2 Å². The van der Waals surface area contributed by atoms with Crippen molar-refractivity contribution >= 4 is 26.8 Å². The van der Waals surface area contributed by atoms with Crippen LogP contribution in [0.25, 0.3) is 22.0 Å². The molecule has 1 spiro atoms. The number of aromatic nitrogens is 1. The monoisotopic (exact) mass is 491 g/mol. The highest BCUT2D eigenvalue weighted by atomic mass is 32.2. The van der Waals surface area contributed by atoms with Gasteiger partial charge < -0.3 is 9.64 Å². The van der Waals surface area contributed by atoms with Gasteiger partial charge in [0.2, 0.25) is 15.9 Å². The minimum atomic E-state index is -3.60. The molecule has 8 heteroatoms. The first-order chi connectivity index (χ1) is 16.8. The van der Waals surface area contributed by atoms with Crippen molar-refractivity contribution in [1.29, 1.82) is 0 Å². The van der Waals surface area contributed by atoms with Gasteiger partial charge in [-0.2, -0.15) is 4.31 Å². The number of hydrogen-bond donors (Lipinski definition) is 0. The second-order valence-corrected chi connectivity index (χ2v) is 12.0. The highest BCUT2D eigenvalue weighted by Crippen LogP contribution is 2.37. The van der Waals surface area contributed by atoms with Gasteiger partial charge in [-0.3, -0.25) is 9.78 Å². The van der Waals surface area contributed by atoms with Crippen molar-refractivity contribution in [2.45, 2.75) is 49.1 Å². The van der Waals surface area contributed by atoms with Crippen LogP contribution in [0.1, 0.15) is 31.2 Å². The number of nitrogens with zero attached hydrogens (tertiary/aromatic N) is 3. The first-order valence-corrected chi connectivity index (χ1v) is 13.7. The number of hydrogen-bond acceptors (Lipinski definition) is 5. The standard InChI is InChI=1S/C27H29N3O4S/c1-19-14-22-3-2-21(15-25(22)28-16-19)20-4-8-24(9-5-20)35(32,33)29-12-10-27(11-13-29)18-30(23-6-7-23)26(31)17-34-27/h2-5,8-9,14-16,23H,6-7,10-13,17-18H2,1H3. The van der Waals surface area contributed by atoms with Crippen LogP contribution in [0.3, 0.4) is 0 Å². The quantitative estimate of drug-likeness (QED) is 0.555. The average Bonchev–Trinajstić information content (AvgIpc) is 3.71. The summed E-state index contributed by atoms with van der Waals surface area (Å²) < 4.78 is 34.2. The van der Waals surface area contributed by atoms with E-state index >= 15 is 0 Å². The van der Waals surface area contributed by atoms with Gasteiger partial charge in [0.25, 0.3) is 0 Å². The molecule has 7 nitrogen and oxygen atoms in total. The SMILES string of the molecule is Cc1cnc2cc(-c3ccc(S(=O)(=O)N4CCC5(CC4)CN(C4CC4)C(=O)CO5)cc3)ccc2c1. The van der Waals surface area contributed by atoms with Gasteiger partial charge >= 0.3 is 0 Å². The minimum absolute atomic E-state index is 0.0607. The highest BCUT2D eigenvalue weighted by molar-refractivity contribution is 7.89. The van der Waals surface area contributed by atoms with Crippen LogP contribution >= 0.6 is 0 Å². The fourth-order valence-electron chi connectivity index (χ4n) is 5.28. The van der Waals surface area contributed by atoms with E-state index in [2.05, 4.69) is 11.1 Å². The Morgan fingerprint density at radius 1 is 1.00 bits per heavy atom. The Bertz CT molecular complexity index is 1390. The summed E-state index contributed by atoms with van der Waals surface area (Å²) in [7, 11) is -3.60. The van der Waals surface area contributed by atoms with Crippen molar-refractivity contribution in [3.8, 4) is 11.1 Å². The summed E-state index contributed by atoms with van der Waals surface area (Å²) in [5.74, 6) is 0.0607. The van der Waals surface area contributed by atoms with Gasteiger partial charge in [-0.05, 0) is 73.6 Å². The topological polar surface area (TPSA) is 79.8 Å². The lowest BCUT2D eigenvalue weighted by Gasteiger charge is -2.46. The molecule has 3 aromatic rings. The maximum atomic E-state index is 13.4. The lowest BCUT2D eigenvalue weighted by molar-refractivity contribution is -0.170. The number of pyridine rings is 1. The number of aryl methyl sites for hydroxylation is 1. The first kappa shape index (κ1) is 22.6. The molecule has 35 heavy (non-hydrogen) atoms. The molecule has 2 aromatic carbocycles. The lowest BCUT2D eigenvalue weighted by Crippen LogP contribution is -2.59. The van der Waals surface area contributed by atoms with Crippen molar-refractivity contribution in [3.63, 3.8) is 0 Å². The second-order valence-electron chi connectivity index (χ2n) is 10.1. The smallest absolute Gasteiger partial charge is 0.248 e. The summed E-state index contributed by atoms with van der Waals surface area (Å²) in [6.07, 6.45) is 5.18. The zero-order chi connectivity index (χ0) is 24.2. The number of fused-ring (bicyclic) bond motifs is 1. The molecule has 2 aliphatic heterocycles. The molecule has 0 bridgehead atoms. The molecular weight excluding hydrogens is 462 g/mol. The maximum absolute atomic E-state index is 13.4. The molecule has 2 saturated heterocycles. The summed E-state index contributed by atoms with van der Waals surface area (Å²) in [5.41, 5.74) is 3.56. The Balaban J connectivity index is 1.16. The summed E-state index contributed by atoms with van der Waals surface area (Å²) in [4.78, 5) is 19.0. The molecule has 3 aliphatic rings. The Labute approximate surface area is 205 Å². The van der Waals surface area contributed by atoms with E-state index in [1.807, 2.05) is 48.4 Å². The van der Waals surface area contributed by atoms with E-state index in [1.165, 1.54) is 0 Å². The van der Waals surface area contributed by atoms with Crippen LogP contribution in [-0.2, 0) is 19.6 Å². The van der Waals surface area contributed by atoms with Crippen molar-refractivity contribution in [2.75, 3.05) is 26.2 Å². The third-order valence-corrected chi connectivity index (χ3v) is 9.46. The highest BCUT2D eigenvalue weighted by Gasteiger charge is 2.47. The van der Waals surface area contributed by atoms with Gasteiger partial charge in [-0.25, -0.2) is 8.42 Å². The Hall–Kier alpha value is -2.81. The summed E-state index contributed by atoms with van der Waals surface area (Å²) in [5, 5.41) is 1.09. The fourth-order valence-corrected chi connectivity index (χ4v) is 6.72. The van der Waals surface area contributed by atoms with Crippen LogP contribution in [0.15, 0.2) is 59.6 Å². The molecule has 0 N–H and O–H groups in total. The van der Waals surface area contributed by atoms with Crippen LogP contribution < -0.4 is 0 Å². The Kier molecular flexibility index (Phi) is 5.43. The predicted molar refractivity (Wildman–Crippen MR) is 133 cm³/mol. The summed E-state index contributed by atoms with van der Waals surface area (Å²) in [6.45, 7) is 3.50. The average molecular weight is 492 g/mol. The van der Waals surface area contributed by atoms with E-state index in [4.69, 9.17) is 4.74 Å². The van der Waals surface area contributed by atoms with E-state index in [1.54, 1.807) is 16.4 Å². The molecule has 0 atom stereocenters. The number of amides is 1. The van der Waals surface area contributed by atoms with Crippen molar-refractivity contribution in [2.24, 2.45) is 0 Å². The molecular formula is C27H29N3O4S. The van der Waals surface area contributed by atoms with Gasteiger partial charge in [-0.15, -0.1) is 0 Å². The molecule has 0 radical (unpaired) electrons. The normalized spacial score (nSPS) is 21.1. The van der Waals surface area contributed by atoms with Crippen LogP contribution in [0.5, 0.6) is 0 Å². The second kappa shape index (κ2) is 8.40. The van der Waals surface area contributed by atoms with E-state index in [-0.39, 0.29) is 12.5 Å². The molecule has 3 heterocycles. The molecule has 1 aliphatic carbocycles. The number of morpholine rings is 1. The summed E-state index contributed by atoms with van der Waals surface area (Å²) in [6, 6.07) is 15.7. The van der Waals surface area contributed by atoms with Crippen molar-refractivity contribution < 1.29 is 17.9 Å². The molecule has 1 saturated carbocycles. The van der Waals surface area contributed by atoms with E-state index < -0.39 is 15.6 Å². The zero-order valence-corrected chi connectivity index (χ0v) is 20.6. The first-order valence-electron chi connectivity index (χ1n) is 12.2. The number of piperidine rings is 1. The molecule has 6 rings (SSSR count). The molecule has 3 fully saturated rings. The Morgan fingerprint density at radius 3 is 2.43 bits per heavy atom. The summed E-state index contributed by atoms with van der Waals surface area (Å²) >= 11 is 0. The van der Waals surface area contributed by atoms with E-state index in [0.717, 1.165) is 40.4 Å². The van der Waals surface area contributed by atoms with Crippen molar-refractivity contribution in [3.05, 3.63) is 60.3 Å². The lowest BCUT2D eigenvalue weighted by atomic mass is 9.90. The number of rotatable bonds is 4. The Morgan fingerprint density at radius 2 is 1.71 bits per heavy atom. The molecule has 1 aromatic heterocycles. The third-order valence-electron chi connectivity index (χ3n) is 7.55.